The molecule has 0 unspecified atom stereocenters. The van der Waals surface area contributed by atoms with Gasteiger partial charge in [0.15, 0.2) is 0 Å². The van der Waals surface area contributed by atoms with Crippen LogP contribution in [-0.2, 0) is 0 Å². The molecule has 0 amide bonds. The molecule has 0 saturated carbocycles. The predicted molar refractivity (Wildman–Crippen MR) is 63.7 cm³/mol. The topological polar surface area (TPSA) is 77.0 Å². The molecule has 2 rings (SSSR count). The van der Waals surface area contributed by atoms with E-state index in [0.717, 1.165) is 28.7 Å². The minimum absolute atomic E-state index is 0.591. The van der Waals surface area contributed by atoms with Crippen molar-refractivity contribution >= 4 is 22.1 Å². The summed E-state index contributed by atoms with van der Waals surface area (Å²) in [6.45, 7) is 1.31. The van der Waals surface area contributed by atoms with E-state index in [1.165, 1.54) is 0 Å². The molecular weight excluding hydrogens is 188 g/mol. The molecule has 2 aromatic rings. The molecule has 0 atom stereocenters. The normalized spacial score (nSPS) is 10.5. The van der Waals surface area contributed by atoms with Crippen molar-refractivity contribution in [2.75, 3.05) is 24.1 Å². The highest BCUT2D eigenvalue weighted by Crippen LogP contribution is 2.27. The number of anilines is 2. The van der Waals surface area contributed by atoms with Gasteiger partial charge in [0.25, 0.3) is 0 Å². The Morgan fingerprint density at radius 1 is 1.27 bits per heavy atom. The summed E-state index contributed by atoms with van der Waals surface area (Å²) in [5, 5.41) is 5.25. The van der Waals surface area contributed by atoms with Crippen LogP contribution in [0.25, 0.3) is 10.8 Å². The number of aromatic nitrogens is 1. The molecule has 5 N–H and O–H groups in total. The van der Waals surface area contributed by atoms with E-state index in [1.807, 2.05) is 18.2 Å². The highest BCUT2D eigenvalue weighted by Gasteiger charge is 2.02. The third-order valence-electron chi connectivity index (χ3n) is 2.32. The van der Waals surface area contributed by atoms with E-state index in [1.54, 1.807) is 12.4 Å². The highest BCUT2D eigenvalue weighted by molar-refractivity contribution is 5.98. The number of nitrogens with two attached hydrogens (primary N) is 2. The van der Waals surface area contributed by atoms with Crippen LogP contribution in [0, 0.1) is 0 Å². The maximum atomic E-state index is 6.03. The van der Waals surface area contributed by atoms with Gasteiger partial charge >= 0.3 is 0 Å². The molecule has 0 spiro atoms. The van der Waals surface area contributed by atoms with Crippen molar-refractivity contribution in [3.05, 3.63) is 30.6 Å². The minimum atomic E-state index is 0.591. The molecule has 15 heavy (non-hydrogen) atoms. The SMILES string of the molecule is NCCNc1ccc2cnccc2c1N. The van der Waals surface area contributed by atoms with Crippen LogP contribution in [-0.4, -0.2) is 18.1 Å². The van der Waals surface area contributed by atoms with E-state index in [-0.39, 0.29) is 0 Å². The Morgan fingerprint density at radius 2 is 2.13 bits per heavy atom. The van der Waals surface area contributed by atoms with Crippen LogP contribution in [0.2, 0.25) is 0 Å². The zero-order chi connectivity index (χ0) is 10.7. The van der Waals surface area contributed by atoms with Crippen LogP contribution in [0.3, 0.4) is 0 Å². The van der Waals surface area contributed by atoms with Crippen molar-refractivity contribution in [1.82, 2.24) is 4.98 Å². The summed E-state index contributed by atoms with van der Waals surface area (Å²) in [4.78, 5) is 4.05. The van der Waals surface area contributed by atoms with Gasteiger partial charge in [0.05, 0.1) is 11.4 Å². The molecule has 1 heterocycles. The van der Waals surface area contributed by atoms with E-state index in [9.17, 15) is 0 Å². The van der Waals surface area contributed by atoms with Crippen LogP contribution in [0.4, 0.5) is 11.4 Å². The Labute approximate surface area is 88.3 Å². The van der Waals surface area contributed by atoms with Gasteiger partial charge in [0.1, 0.15) is 0 Å². The van der Waals surface area contributed by atoms with Crippen LogP contribution in [0.5, 0.6) is 0 Å². The van der Waals surface area contributed by atoms with Gasteiger partial charge in [-0.2, -0.15) is 0 Å². The second-order valence-corrected chi connectivity index (χ2v) is 3.34. The van der Waals surface area contributed by atoms with E-state index in [4.69, 9.17) is 11.5 Å². The molecule has 0 aliphatic carbocycles. The smallest absolute Gasteiger partial charge is 0.0630 e. The lowest BCUT2D eigenvalue weighted by atomic mass is 10.1. The van der Waals surface area contributed by atoms with Gasteiger partial charge < -0.3 is 16.8 Å². The van der Waals surface area contributed by atoms with Crippen molar-refractivity contribution in [2.45, 2.75) is 0 Å². The molecular formula is C11H14N4. The fourth-order valence-electron chi connectivity index (χ4n) is 1.55. The number of hydrogen-bond acceptors (Lipinski definition) is 4. The monoisotopic (exact) mass is 202 g/mol. The largest absolute Gasteiger partial charge is 0.397 e. The predicted octanol–water partition coefficient (Wildman–Crippen LogP) is 1.19. The number of rotatable bonds is 3. The Balaban J connectivity index is 2.45. The molecule has 1 aromatic carbocycles. The summed E-state index contributed by atoms with van der Waals surface area (Å²) in [5.74, 6) is 0. The number of pyridine rings is 1. The lowest BCUT2D eigenvalue weighted by Gasteiger charge is -2.10. The molecule has 4 heteroatoms. The van der Waals surface area contributed by atoms with Crippen molar-refractivity contribution < 1.29 is 0 Å². The fraction of sp³-hybridized carbons (Fsp3) is 0.182. The number of nitrogens with zero attached hydrogens (tertiary/aromatic N) is 1. The second-order valence-electron chi connectivity index (χ2n) is 3.34. The maximum Gasteiger partial charge on any atom is 0.0630 e. The van der Waals surface area contributed by atoms with E-state index in [0.29, 0.717) is 6.54 Å². The summed E-state index contributed by atoms with van der Waals surface area (Å²) < 4.78 is 0. The minimum Gasteiger partial charge on any atom is -0.397 e. The summed E-state index contributed by atoms with van der Waals surface area (Å²) in [7, 11) is 0. The van der Waals surface area contributed by atoms with Gasteiger partial charge in [-0.3, -0.25) is 4.98 Å². The van der Waals surface area contributed by atoms with Gasteiger partial charge in [-0.15, -0.1) is 0 Å². The average molecular weight is 202 g/mol. The van der Waals surface area contributed by atoms with E-state index in [2.05, 4.69) is 10.3 Å². The maximum absolute atomic E-state index is 6.03. The Bertz CT molecular complexity index is 467. The van der Waals surface area contributed by atoms with Crippen LogP contribution in [0.1, 0.15) is 0 Å². The molecule has 0 radical (unpaired) electrons. The molecule has 0 aliphatic heterocycles. The first kappa shape index (κ1) is 9.73. The van der Waals surface area contributed by atoms with Crippen molar-refractivity contribution in [2.24, 2.45) is 5.73 Å². The van der Waals surface area contributed by atoms with Gasteiger partial charge in [0.2, 0.25) is 0 Å². The Kier molecular flexibility index (Phi) is 2.69. The third kappa shape index (κ3) is 1.85. The number of nitrogens with one attached hydrogen (secondary N) is 1. The van der Waals surface area contributed by atoms with Gasteiger partial charge in [-0.1, -0.05) is 6.07 Å². The second kappa shape index (κ2) is 4.14. The van der Waals surface area contributed by atoms with Crippen molar-refractivity contribution in [1.29, 1.82) is 0 Å². The van der Waals surface area contributed by atoms with Crippen LogP contribution < -0.4 is 16.8 Å². The van der Waals surface area contributed by atoms with Gasteiger partial charge in [0, 0.05) is 36.3 Å². The fourth-order valence-corrected chi connectivity index (χ4v) is 1.55. The van der Waals surface area contributed by atoms with Gasteiger partial charge in [-0.25, -0.2) is 0 Å². The number of fused-ring (bicyclic) bond motifs is 1. The van der Waals surface area contributed by atoms with Crippen LogP contribution >= 0.6 is 0 Å². The first-order valence-electron chi connectivity index (χ1n) is 4.89. The molecule has 0 aliphatic rings. The Morgan fingerprint density at radius 3 is 2.93 bits per heavy atom. The summed E-state index contributed by atoms with van der Waals surface area (Å²) >= 11 is 0. The first-order valence-corrected chi connectivity index (χ1v) is 4.89. The summed E-state index contributed by atoms with van der Waals surface area (Å²) in [6.07, 6.45) is 3.55. The Hall–Kier alpha value is -1.81. The lowest BCUT2D eigenvalue weighted by molar-refractivity contribution is 1.03. The van der Waals surface area contributed by atoms with E-state index < -0.39 is 0 Å². The number of nitrogen functional groups attached to an aromatic ring is 1. The van der Waals surface area contributed by atoms with Crippen LogP contribution in [0.15, 0.2) is 30.6 Å². The van der Waals surface area contributed by atoms with Crippen molar-refractivity contribution in [3.8, 4) is 0 Å². The number of benzene rings is 1. The average Bonchev–Trinajstić information content (AvgIpc) is 2.29. The van der Waals surface area contributed by atoms with Gasteiger partial charge in [-0.05, 0) is 12.1 Å². The molecule has 0 saturated heterocycles. The quantitative estimate of drug-likeness (QED) is 0.653. The standard InChI is InChI=1S/C11H14N4/c12-4-6-15-10-2-1-8-7-14-5-3-9(8)11(10)13/h1-3,5,7,15H,4,6,12-13H2. The lowest BCUT2D eigenvalue weighted by Crippen LogP contribution is -2.14. The molecule has 1 aromatic heterocycles. The molecule has 4 nitrogen and oxygen atoms in total. The molecule has 0 fully saturated rings. The number of hydrogen-bond donors (Lipinski definition) is 3. The molecule has 0 bridgehead atoms. The zero-order valence-corrected chi connectivity index (χ0v) is 8.40. The third-order valence-corrected chi connectivity index (χ3v) is 2.32. The zero-order valence-electron chi connectivity index (χ0n) is 8.40. The summed E-state index contributed by atoms with van der Waals surface area (Å²) in [6, 6.07) is 5.87. The van der Waals surface area contributed by atoms with E-state index >= 15 is 0 Å². The molecule has 78 valence electrons. The van der Waals surface area contributed by atoms with Crippen molar-refractivity contribution in [3.63, 3.8) is 0 Å². The first-order chi connectivity index (χ1) is 7.33. The summed E-state index contributed by atoms with van der Waals surface area (Å²) in [5.41, 5.74) is 13.1. The highest BCUT2D eigenvalue weighted by atomic mass is 14.9.